The summed E-state index contributed by atoms with van der Waals surface area (Å²) in [6.07, 6.45) is 7.01. The van der Waals surface area contributed by atoms with E-state index in [2.05, 4.69) is 26.1 Å². The normalized spacial score (nSPS) is 45.5. The van der Waals surface area contributed by atoms with E-state index in [9.17, 15) is 14.4 Å². The maximum Gasteiger partial charge on any atom is 0.244 e. The van der Waals surface area contributed by atoms with E-state index >= 15 is 0 Å². The van der Waals surface area contributed by atoms with Crippen molar-refractivity contribution in [3.8, 4) is 0 Å². The first-order chi connectivity index (χ1) is 12.7. The highest BCUT2D eigenvalue weighted by Crippen LogP contribution is 2.55. The van der Waals surface area contributed by atoms with Crippen LogP contribution in [0.2, 0.25) is 0 Å². The van der Waals surface area contributed by atoms with Gasteiger partial charge in [0.25, 0.3) is 0 Å². The monoisotopic (exact) mass is 390 g/mol. The lowest BCUT2D eigenvalue weighted by atomic mass is 9.53. The summed E-state index contributed by atoms with van der Waals surface area (Å²) in [4.78, 5) is 40.9. The van der Waals surface area contributed by atoms with Crippen molar-refractivity contribution in [2.75, 3.05) is 5.75 Å². The number of nitrogens with one attached hydrogen (secondary N) is 1. The van der Waals surface area contributed by atoms with Crippen molar-refractivity contribution in [3.05, 3.63) is 0 Å². The number of fused-ring (bicyclic) bond motifs is 1. The molecule has 2 aliphatic heterocycles. The molecule has 0 radical (unpaired) electrons. The van der Waals surface area contributed by atoms with Gasteiger partial charge in [-0.1, -0.05) is 20.8 Å². The molecule has 4 aliphatic carbocycles. The van der Waals surface area contributed by atoms with Gasteiger partial charge in [0.05, 0.1) is 5.37 Å². The minimum atomic E-state index is -1.12. The summed E-state index contributed by atoms with van der Waals surface area (Å²) in [5, 5.41) is 3.22. The Bertz CT molecular complexity index is 677. The molecular weight excluding hydrogens is 360 g/mol. The molecule has 4 bridgehead atoms. The molecule has 148 valence electrons. The fraction of sp³-hybridized carbons (Fsp3) is 0.857. The number of Topliss-reactive ketones (excluding diaryl/α,β-unsaturated/α-hetero) is 1. The zero-order valence-corrected chi connectivity index (χ0v) is 17.3. The highest BCUT2D eigenvalue weighted by Gasteiger charge is 2.59. The predicted octanol–water partition coefficient (Wildman–Crippen LogP) is 2.59. The van der Waals surface area contributed by atoms with Crippen LogP contribution < -0.4 is 5.32 Å². The predicted molar refractivity (Wildman–Crippen MR) is 104 cm³/mol. The first-order valence-electron chi connectivity index (χ1n) is 10.5. The summed E-state index contributed by atoms with van der Waals surface area (Å²) in [7, 11) is 0. The number of rotatable bonds is 2. The first-order valence-corrected chi connectivity index (χ1v) is 11.5. The Morgan fingerprint density at radius 3 is 2.15 bits per heavy atom. The van der Waals surface area contributed by atoms with E-state index in [-0.39, 0.29) is 33.9 Å². The molecule has 2 saturated heterocycles. The second-order valence-corrected chi connectivity index (χ2v) is 11.9. The van der Waals surface area contributed by atoms with Crippen LogP contribution >= 0.6 is 11.8 Å². The van der Waals surface area contributed by atoms with Gasteiger partial charge in [-0.05, 0) is 61.7 Å². The SMILES string of the molecule is CC(C)(C)C1SCC2C(=O)C(C(=O)NC34CC5CC(CC(C5)C3)C4)C(=O)N21. The van der Waals surface area contributed by atoms with E-state index in [1.807, 2.05) is 0 Å². The van der Waals surface area contributed by atoms with Crippen molar-refractivity contribution >= 4 is 29.4 Å². The number of hydrogen-bond acceptors (Lipinski definition) is 4. The molecule has 6 heteroatoms. The van der Waals surface area contributed by atoms with Crippen LogP contribution in [0.1, 0.15) is 59.3 Å². The Labute approximate surface area is 165 Å². The van der Waals surface area contributed by atoms with Gasteiger partial charge >= 0.3 is 0 Å². The fourth-order valence-electron chi connectivity index (χ4n) is 6.96. The Morgan fingerprint density at radius 2 is 1.63 bits per heavy atom. The number of amides is 2. The summed E-state index contributed by atoms with van der Waals surface area (Å²) in [6.45, 7) is 6.27. The van der Waals surface area contributed by atoms with Crippen molar-refractivity contribution in [1.82, 2.24) is 10.2 Å². The number of carbonyl (C=O) groups excluding carboxylic acids is 3. The van der Waals surface area contributed by atoms with Gasteiger partial charge in [0.2, 0.25) is 11.8 Å². The molecule has 6 fully saturated rings. The molecule has 0 aromatic heterocycles. The van der Waals surface area contributed by atoms with E-state index < -0.39 is 12.0 Å². The Morgan fingerprint density at radius 1 is 1.07 bits per heavy atom. The average molecular weight is 391 g/mol. The molecule has 0 aromatic carbocycles. The third kappa shape index (κ3) is 2.69. The number of hydrogen-bond donors (Lipinski definition) is 1. The molecule has 27 heavy (non-hydrogen) atoms. The lowest BCUT2D eigenvalue weighted by molar-refractivity contribution is -0.143. The van der Waals surface area contributed by atoms with Crippen LogP contribution in [0.15, 0.2) is 0 Å². The summed E-state index contributed by atoms with van der Waals surface area (Å²) >= 11 is 1.67. The number of ketones is 1. The van der Waals surface area contributed by atoms with E-state index in [0.29, 0.717) is 5.75 Å². The average Bonchev–Trinajstić information content (AvgIpc) is 3.06. The summed E-state index contributed by atoms with van der Waals surface area (Å²) in [6, 6.07) is -0.418. The molecule has 4 saturated carbocycles. The van der Waals surface area contributed by atoms with Gasteiger partial charge in [-0.25, -0.2) is 0 Å². The van der Waals surface area contributed by atoms with E-state index in [4.69, 9.17) is 0 Å². The Balaban J connectivity index is 1.35. The largest absolute Gasteiger partial charge is 0.350 e. The fourth-order valence-corrected chi connectivity index (χ4v) is 8.56. The van der Waals surface area contributed by atoms with Crippen LogP contribution in [0.4, 0.5) is 0 Å². The lowest BCUT2D eigenvalue weighted by Crippen LogP contribution is -2.61. The molecule has 2 amide bonds. The maximum atomic E-state index is 13.2. The van der Waals surface area contributed by atoms with Gasteiger partial charge in [0.15, 0.2) is 11.7 Å². The molecule has 2 heterocycles. The van der Waals surface area contributed by atoms with Gasteiger partial charge in [0.1, 0.15) is 6.04 Å². The molecule has 6 rings (SSSR count). The van der Waals surface area contributed by atoms with Gasteiger partial charge in [-0.15, -0.1) is 11.8 Å². The summed E-state index contributed by atoms with van der Waals surface area (Å²) in [5.41, 5.74) is -0.266. The van der Waals surface area contributed by atoms with Crippen LogP contribution in [0.5, 0.6) is 0 Å². The third-order valence-electron chi connectivity index (χ3n) is 7.54. The van der Waals surface area contributed by atoms with E-state index in [1.165, 1.54) is 19.3 Å². The van der Waals surface area contributed by atoms with Crippen molar-refractivity contribution in [2.24, 2.45) is 29.1 Å². The molecule has 5 nitrogen and oxygen atoms in total. The summed E-state index contributed by atoms with van der Waals surface area (Å²) in [5.74, 6) is 0.892. The molecular formula is C21H30N2O3S. The van der Waals surface area contributed by atoms with Crippen molar-refractivity contribution in [1.29, 1.82) is 0 Å². The standard InChI is InChI=1S/C21H30N2O3S/c1-20(2,3)19-23-14(10-27-19)16(24)15(18(23)26)17(25)22-21-7-11-4-12(8-21)6-13(5-11)9-21/h11-15,19H,4-10H2,1-3H3,(H,22,25). The molecule has 1 N–H and O–H groups in total. The van der Waals surface area contributed by atoms with E-state index in [1.54, 1.807) is 16.7 Å². The molecule has 3 atom stereocenters. The third-order valence-corrected chi connectivity index (χ3v) is 9.30. The minimum absolute atomic E-state index is 0.0312. The number of thioether (sulfide) groups is 1. The van der Waals surface area contributed by atoms with Crippen LogP contribution in [0.3, 0.4) is 0 Å². The van der Waals surface area contributed by atoms with Crippen molar-refractivity contribution in [3.63, 3.8) is 0 Å². The topological polar surface area (TPSA) is 66.5 Å². The van der Waals surface area contributed by atoms with Gasteiger partial charge in [0, 0.05) is 11.3 Å². The van der Waals surface area contributed by atoms with Crippen molar-refractivity contribution in [2.45, 2.75) is 76.3 Å². The van der Waals surface area contributed by atoms with Gasteiger partial charge in [-0.3, -0.25) is 14.4 Å². The van der Waals surface area contributed by atoms with Crippen molar-refractivity contribution < 1.29 is 14.4 Å². The highest BCUT2D eigenvalue weighted by atomic mass is 32.2. The van der Waals surface area contributed by atoms with Gasteiger partial charge in [-0.2, -0.15) is 0 Å². The van der Waals surface area contributed by atoms with Crippen LogP contribution in [-0.2, 0) is 14.4 Å². The smallest absolute Gasteiger partial charge is 0.244 e. The molecule has 3 unspecified atom stereocenters. The second kappa shape index (κ2) is 5.74. The number of carbonyl (C=O) groups is 3. The minimum Gasteiger partial charge on any atom is -0.350 e. The van der Waals surface area contributed by atoms with Gasteiger partial charge < -0.3 is 10.2 Å². The maximum absolute atomic E-state index is 13.2. The Kier molecular flexibility index (Phi) is 3.83. The first kappa shape index (κ1) is 18.0. The van der Waals surface area contributed by atoms with E-state index in [0.717, 1.165) is 37.0 Å². The number of nitrogens with zero attached hydrogens (tertiary/aromatic N) is 1. The quantitative estimate of drug-likeness (QED) is 0.736. The summed E-state index contributed by atoms with van der Waals surface area (Å²) < 4.78 is 0. The molecule has 0 aromatic rings. The van der Waals surface area contributed by atoms with Crippen LogP contribution in [0, 0.1) is 29.1 Å². The van der Waals surface area contributed by atoms with Crippen LogP contribution in [0.25, 0.3) is 0 Å². The Hall–Kier alpha value is -1.04. The highest BCUT2D eigenvalue weighted by molar-refractivity contribution is 8.00. The molecule has 6 aliphatic rings. The van der Waals surface area contributed by atoms with Crippen LogP contribution in [-0.4, -0.2) is 45.2 Å². The lowest BCUT2D eigenvalue weighted by Gasteiger charge is -2.57. The second-order valence-electron chi connectivity index (χ2n) is 10.8. The molecule has 0 spiro atoms. The zero-order chi connectivity index (χ0) is 19.1. The zero-order valence-electron chi connectivity index (χ0n) is 16.5.